The third kappa shape index (κ3) is 2.44. The highest BCUT2D eigenvalue weighted by Crippen LogP contribution is 2.28. The number of aliphatic hydroxyl groups excluding tert-OH is 1. The smallest absolute Gasteiger partial charge is 0.134 e. The van der Waals surface area contributed by atoms with Gasteiger partial charge in [0.25, 0.3) is 0 Å². The van der Waals surface area contributed by atoms with Crippen molar-refractivity contribution in [3.05, 3.63) is 22.9 Å². The lowest BCUT2D eigenvalue weighted by molar-refractivity contribution is 0.280. The first-order chi connectivity index (χ1) is 8.13. The second-order valence-electron chi connectivity index (χ2n) is 5.08. The molecular weight excluding hydrogens is 212 g/mol. The van der Waals surface area contributed by atoms with Crippen LogP contribution in [0, 0.1) is 13.8 Å². The van der Waals surface area contributed by atoms with Crippen molar-refractivity contribution in [2.45, 2.75) is 52.7 Å². The normalized spacial score (nSPS) is 20.7. The number of hydrogen-bond acceptors (Lipinski definition) is 3. The van der Waals surface area contributed by atoms with Crippen molar-refractivity contribution in [3.8, 4) is 0 Å². The average Bonchev–Trinajstić information content (AvgIpc) is 2.28. The monoisotopic (exact) mass is 234 g/mol. The lowest BCUT2D eigenvalue weighted by Gasteiger charge is -2.36. The summed E-state index contributed by atoms with van der Waals surface area (Å²) in [6, 6.07) is 2.58. The zero-order chi connectivity index (χ0) is 12.4. The van der Waals surface area contributed by atoms with Gasteiger partial charge < -0.3 is 10.0 Å². The molecule has 2 rings (SSSR count). The minimum Gasteiger partial charge on any atom is -0.392 e. The van der Waals surface area contributed by atoms with Crippen LogP contribution < -0.4 is 4.90 Å². The Balaban J connectivity index is 2.42. The minimum absolute atomic E-state index is 0.0810. The van der Waals surface area contributed by atoms with Gasteiger partial charge in [-0.2, -0.15) is 0 Å². The summed E-state index contributed by atoms with van der Waals surface area (Å²) in [5.41, 5.74) is 3.17. The first-order valence-electron chi connectivity index (χ1n) is 6.48. The molecule has 1 N–H and O–H groups in total. The summed E-state index contributed by atoms with van der Waals surface area (Å²) in [5, 5.41) is 9.54. The fourth-order valence-electron chi connectivity index (χ4n) is 2.69. The molecule has 2 heterocycles. The zero-order valence-corrected chi connectivity index (χ0v) is 11.0. The fourth-order valence-corrected chi connectivity index (χ4v) is 2.69. The van der Waals surface area contributed by atoms with Crippen molar-refractivity contribution in [1.82, 2.24) is 4.98 Å². The maximum absolute atomic E-state index is 9.54. The van der Waals surface area contributed by atoms with Gasteiger partial charge in [0.15, 0.2) is 0 Å². The Hall–Kier alpha value is -1.09. The van der Waals surface area contributed by atoms with E-state index < -0.39 is 0 Å². The summed E-state index contributed by atoms with van der Waals surface area (Å²) in [7, 11) is 0. The van der Waals surface area contributed by atoms with Gasteiger partial charge in [0.1, 0.15) is 5.82 Å². The topological polar surface area (TPSA) is 36.4 Å². The molecule has 1 aromatic heterocycles. The quantitative estimate of drug-likeness (QED) is 0.854. The van der Waals surface area contributed by atoms with E-state index in [2.05, 4.69) is 23.7 Å². The summed E-state index contributed by atoms with van der Waals surface area (Å²) in [6.07, 6.45) is 3.75. The van der Waals surface area contributed by atoms with Crippen LogP contribution in [-0.2, 0) is 6.61 Å². The Morgan fingerprint density at radius 1 is 1.41 bits per heavy atom. The third-order valence-corrected chi connectivity index (χ3v) is 3.69. The molecule has 0 bridgehead atoms. The van der Waals surface area contributed by atoms with Gasteiger partial charge in [-0.3, -0.25) is 0 Å². The van der Waals surface area contributed by atoms with Gasteiger partial charge in [0.2, 0.25) is 0 Å². The molecule has 1 fully saturated rings. The van der Waals surface area contributed by atoms with Crippen molar-refractivity contribution >= 4 is 5.82 Å². The highest BCUT2D eigenvalue weighted by atomic mass is 16.3. The lowest BCUT2D eigenvalue weighted by Crippen LogP contribution is -2.38. The molecule has 1 aliphatic rings. The Kier molecular flexibility index (Phi) is 3.67. The Morgan fingerprint density at radius 2 is 2.18 bits per heavy atom. The molecular formula is C14H22N2O. The van der Waals surface area contributed by atoms with Crippen LogP contribution in [0.1, 0.15) is 43.0 Å². The summed E-state index contributed by atoms with van der Waals surface area (Å²) < 4.78 is 0. The molecule has 3 heteroatoms. The Labute approximate surface area is 103 Å². The molecule has 1 atom stereocenters. The number of nitrogens with zero attached hydrogens (tertiary/aromatic N) is 2. The molecule has 1 aliphatic heterocycles. The standard InChI is InChI=1S/C14H22N2O/c1-10-8-11(2)15-14(13(10)9-17)16-7-5-4-6-12(16)3/h8,12,17H,4-7,9H2,1-3H3. The van der Waals surface area contributed by atoms with Gasteiger partial charge in [-0.1, -0.05) is 0 Å². The van der Waals surface area contributed by atoms with Crippen molar-refractivity contribution in [1.29, 1.82) is 0 Å². The number of hydrogen-bond donors (Lipinski definition) is 1. The molecule has 17 heavy (non-hydrogen) atoms. The third-order valence-electron chi connectivity index (χ3n) is 3.69. The number of aliphatic hydroxyl groups is 1. The van der Waals surface area contributed by atoms with Crippen LogP contribution in [0.5, 0.6) is 0 Å². The highest BCUT2D eigenvalue weighted by molar-refractivity contribution is 5.52. The highest BCUT2D eigenvalue weighted by Gasteiger charge is 2.22. The van der Waals surface area contributed by atoms with E-state index in [0.717, 1.165) is 29.2 Å². The fraction of sp³-hybridized carbons (Fsp3) is 0.643. The zero-order valence-electron chi connectivity index (χ0n) is 11.0. The largest absolute Gasteiger partial charge is 0.392 e. The molecule has 0 amide bonds. The second-order valence-corrected chi connectivity index (χ2v) is 5.08. The molecule has 1 aromatic rings. The van der Waals surface area contributed by atoms with Crippen LogP contribution >= 0.6 is 0 Å². The number of rotatable bonds is 2. The van der Waals surface area contributed by atoms with E-state index in [9.17, 15) is 5.11 Å². The number of aromatic nitrogens is 1. The van der Waals surface area contributed by atoms with Crippen LogP contribution in [-0.4, -0.2) is 22.7 Å². The Morgan fingerprint density at radius 3 is 2.82 bits per heavy atom. The van der Waals surface area contributed by atoms with Crippen LogP contribution in [0.15, 0.2) is 6.07 Å². The lowest BCUT2D eigenvalue weighted by atomic mass is 10.0. The van der Waals surface area contributed by atoms with Gasteiger partial charge in [0.05, 0.1) is 6.61 Å². The maximum atomic E-state index is 9.54. The summed E-state index contributed by atoms with van der Waals surface area (Å²) in [4.78, 5) is 7.00. The van der Waals surface area contributed by atoms with Crippen LogP contribution in [0.25, 0.3) is 0 Å². The number of pyridine rings is 1. The van der Waals surface area contributed by atoms with Gasteiger partial charge >= 0.3 is 0 Å². The number of piperidine rings is 1. The van der Waals surface area contributed by atoms with Crippen LogP contribution in [0.3, 0.4) is 0 Å². The van der Waals surface area contributed by atoms with Crippen molar-refractivity contribution in [2.24, 2.45) is 0 Å². The summed E-state index contributed by atoms with van der Waals surface area (Å²) in [5.74, 6) is 0.997. The predicted octanol–water partition coefficient (Wildman–Crippen LogP) is 2.57. The maximum Gasteiger partial charge on any atom is 0.134 e. The SMILES string of the molecule is Cc1cc(C)c(CO)c(N2CCCCC2C)n1. The van der Waals surface area contributed by atoms with E-state index in [0.29, 0.717) is 6.04 Å². The number of anilines is 1. The molecule has 0 radical (unpaired) electrons. The van der Waals surface area contributed by atoms with E-state index in [1.165, 1.54) is 19.3 Å². The molecule has 1 saturated heterocycles. The molecule has 3 nitrogen and oxygen atoms in total. The van der Waals surface area contributed by atoms with Crippen LogP contribution in [0.2, 0.25) is 0 Å². The molecule has 1 unspecified atom stereocenters. The number of aryl methyl sites for hydroxylation is 2. The second kappa shape index (κ2) is 5.05. The van der Waals surface area contributed by atoms with E-state index >= 15 is 0 Å². The van der Waals surface area contributed by atoms with Gasteiger partial charge in [-0.05, 0) is 51.7 Å². The first kappa shape index (κ1) is 12.4. The van der Waals surface area contributed by atoms with Crippen molar-refractivity contribution in [3.63, 3.8) is 0 Å². The Bertz CT molecular complexity index is 403. The van der Waals surface area contributed by atoms with Crippen LogP contribution in [0.4, 0.5) is 5.82 Å². The van der Waals surface area contributed by atoms with Gasteiger partial charge in [-0.25, -0.2) is 4.98 Å². The van der Waals surface area contributed by atoms with E-state index in [1.54, 1.807) is 0 Å². The van der Waals surface area contributed by atoms with Gasteiger partial charge in [-0.15, -0.1) is 0 Å². The molecule has 0 spiro atoms. The van der Waals surface area contributed by atoms with E-state index in [4.69, 9.17) is 0 Å². The molecule has 0 aliphatic carbocycles. The first-order valence-corrected chi connectivity index (χ1v) is 6.48. The van der Waals surface area contributed by atoms with Crippen molar-refractivity contribution in [2.75, 3.05) is 11.4 Å². The van der Waals surface area contributed by atoms with E-state index in [1.807, 2.05) is 13.0 Å². The molecule has 0 saturated carbocycles. The van der Waals surface area contributed by atoms with Gasteiger partial charge in [0, 0.05) is 23.8 Å². The summed E-state index contributed by atoms with van der Waals surface area (Å²) >= 11 is 0. The molecule has 94 valence electrons. The molecule has 0 aromatic carbocycles. The van der Waals surface area contributed by atoms with Crippen molar-refractivity contribution < 1.29 is 5.11 Å². The predicted molar refractivity (Wildman–Crippen MR) is 70.3 cm³/mol. The minimum atomic E-state index is 0.0810. The average molecular weight is 234 g/mol. The summed E-state index contributed by atoms with van der Waals surface area (Å²) in [6.45, 7) is 7.46. The van der Waals surface area contributed by atoms with E-state index in [-0.39, 0.29) is 6.61 Å².